The number of benzene rings is 2. The number of halogens is 1. The Morgan fingerprint density at radius 1 is 1.05 bits per heavy atom. The van der Waals surface area contributed by atoms with Crippen molar-refractivity contribution in [2.24, 2.45) is 0 Å². The fourth-order valence-corrected chi connectivity index (χ4v) is 2.67. The molecule has 0 saturated carbocycles. The van der Waals surface area contributed by atoms with Crippen LogP contribution >= 0.6 is 0 Å². The van der Waals surface area contributed by atoms with Gasteiger partial charge in [0.15, 0.2) is 0 Å². The van der Waals surface area contributed by atoms with Gasteiger partial charge < -0.3 is 5.32 Å². The highest BCUT2D eigenvalue weighted by Crippen LogP contribution is 2.18. The summed E-state index contributed by atoms with van der Waals surface area (Å²) in [5.41, 5.74) is 3.64. The molecule has 2 rings (SSSR count). The Kier molecular flexibility index (Phi) is 4.91. The Morgan fingerprint density at radius 3 is 2.50 bits per heavy atom. The molecule has 0 aliphatic rings. The molecule has 0 aromatic heterocycles. The first-order valence-electron chi connectivity index (χ1n) is 7.12. The molecule has 0 spiro atoms. The van der Waals surface area contributed by atoms with Crippen molar-refractivity contribution in [2.75, 3.05) is 0 Å². The van der Waals surface area contributed by atoms with E-state index in [4.69, 9.17) is 0 Å². The summed E-state index contributed by atoms with van der Waals surface area (Å²) in [6.45, 7) is 6.44. The summed E-state index contributed by atoms with van der Waals surface area (Å²) in [5, 5.41) is 3.58. The third-order valence-electron chi connectivity index (χ3n) is 3.62. The Bertz CT molecular complexity index is 565. The minimum Gasteiger partial charge on any atom is -0.307 e. The van der Waals surface area contributed by atoms with Gasteiger partial charge in [-0.05, 0) is 56.0 Å². The van der Waals surface area contributed by atoms with E-state index in [0.29, 0.717) is 12.1 Å². The zero-order chi connectivity index (χ0) is 14.5. The molecular formula is C18H22FN. The van der Waals surface area contributed by atoms with Gasteiger partial charge in [0.05, 0.1) is 0 Å². The van der Waals surface area contributed by atoms with Crippen LogP contribution in [0.4, 0.5) is 4.39 Å². The quantitative estimate of drug-likeness (QED) is 0.849. The smallest absolute Gasteiger partial charge is 0.123 e. The second-order valence-electron chi connectivity index (χ2n) is 5.48. The van der Waals surface area contributed by atoms with Gasteiger partial charge in [-0.3, -0.25) is 0 Å². The van der Waals surface area contributed by atoms with Crippen molar-refractivity contribution in [1.82, 2.24) is 5.32 Å². The lowest BCUT2D eigenvalue weighted by Gasteiger charge is -2.22. The highest BCUT2D eigenvalue weighted by molar-refractivity contribution is 5.28. The standard InChI is InChI=1S/C18H22FN/c1-13-7-4-5-10-18(13)15(3)20-14(2)11-16-8-6-9-17(19)12-16/h4-10,12,14-15,20H,11H2,1-3H3. The maximum atomic E-state index is 13.2. The normalized spacial score (nSPS) is 14.0. The molecule has 0 saturated heterocycles. The molecule has 2 aromatic carbocycles. The summed E-state index contributed by atoms with van der Waals surface area (Å²) in [6.07, 6.45) is 0.827. The van der Waals surface area contributed by atoms with Crippen molar-refractivity contribution in [3.05, 3.63) is 71.0 Å². The molecule has 0 amide bonds. The van der Waals surface area contributed by atoms with Crippen LogP contribution in [0.15, 0.2) is 48.5 Å². The van der Waals surface area contributed by atoms with E-state index in [1.54, 1.807) is 12.1 Å². The highest BCUT2D eigenvalue weighted by Gasteiger charge is 2.11. The van der Waals surface area contributed by atoms with Crippen LogP contribution < -0.4 is 5.32 Å². The average Bonchev–Trinajstić information content (AvgIpc) is 2.38. The Labute approximate surface area is 120 Å². The van der Waals surface area contributed by atoms with Crippen LogP contribution in [0.25, 0.3) is 0 Å². The zero-order valence-electron chi connectivity index (χ0n) is 12.4. The average molecular weight is 271 g/mol. The molecule has 2 unspecified atom stereocenters. The second-order valence-corrected chi connectivity index (χ2v) is 5.48. The lowest BCUT2D eigenvalue weighted by molar-refractivity contribution is 0.475. The Balaban J connectivity index is 1.98. The Hall–Kier alpha value is -1.67. The third-order valence-corrected chi connectivity index (χ3v) is 3.62. The summed E-state index contributed by atoms with van der Waals surface area (Å²) in [5.74, 6) is -0.165. The van der Waals surface area contributed by atoms with Gasteiger partial charge >= 0.3 is 0 Å². The minimum absolute atomic E-state index is 0.165. The second kappa shape index (κ2) is 6.67. The number of hydrogen-bond acceptors (Lipinski definition) is 1. The van der Waals surface area contributed by atoms with Crippen LogP contribution in [0.1, 0.15) is 36.6 Å². The van der Waals surface area contributed by atoms with Gasteiger partial charge in [-0.1, -0.05) is 36.4 Å². The first kappa shape index (κ1) is 14.7. The van der Waals surface area contributed by atoms with Crippen LogP contribution in [-0.4, -0.2) is 6.04 Å². The minimum atomic E-state index is -0.165. The van der Waals surface area contributed by atoms with Crippen LogP contribution in [0.5, 0.6) is 0 Å². The van der Waals surface area contributed by atoms with Crippen molar-refractivity contribution < 1.29 is 4.39 Å². The first-order chi connectivity index (χ1) is 9.56. The van der Waals surface area contributed by atoms with E-state index in [9.17, 15) is 4.39 Å². The van der Waals surface area contributed by atoms with Gasteiger partial charge in [-0.15, -0.1) is 0 Å². The zero-order valence-corrected chi connectivity index (χ0v) is 12.4. The van der Waals surface area contributed by atoms with Crippen LogP contribution in [-0.2, 0) is 6.42 Å². The van der Waals surface area contributed by atoms with Gasteiger partial charge in [-0.2, -0.15) is 0 Å². The molecule has 0 heterocycles. The van der Waals surface area contributed by atoms with Crippen molar-refractivity contribution >= 4 is 0 Å². The molecule has 106 valence electrons. The third kappa shape index (κ3) is 3.91. The molecule has 0 fully saturated rings. The lowest BCUT2D eigenvalue weighted by Crippen LogP contribution is -2.31. The van der Waals surface area contributed by atoms with Crippen molar-refractivity contribution in [2.45, 2.75) is 39.3 Å². The molecule has 1 nitrogen and oxygen atoms in total. The van der Waals surface area contributed by atoms with E-state index in [1.807, 2.05) is 6.07 Å². The highest BCUT2D eigenvalue weighted by atomic mass is 19.1. The molecule has 0 bridgehead atoms. The van der Waals surface area contributed by atoms with E-state index >= 15 is 0 Å². The molecule has 0 radical (unpaired) electrons. The largest absolute Gasteiger partial charge is 0.307 e. The summed E-state index contributed by atoms with van der Waals surface area (Å²) in [4.78, 5) is 0. The van der Waals surface area contributed by atoms with Gasteiger partial charge in [0.25, 0.3) is 0 Å². The molecule has 1 N–H and O–H groups in total. The van der Waals surface area contributed by atoms with E-state index in [-0.39, 0.29) is 5.82 Å². The van der Waals surface area contributed by atoms with Crippen molar-refractivity contribution in [1.29, 1.82) is 0 Å². The van der Waals surface area contributed by atoms with Crippen molar-refractivity contribution in [3.63, 3.8) is 0 Å². The molecule has 2 aromatic rings. The van der Waals surface area contributed by atoms with Crippen LogP contribution in [0.2, 0.25) is 0 Å². The van der Waals surface area contributed by atoms with Crippen LogP contribution in [0, 0.1) is 12.7 Å². The summed E-state index contributed by atoms with van der Waals surface area (Å²) < 4.78 is 13.2. The van der Waals surface area contributed by atoms with Gasteiger partial charge in [-0.25, -0.2) is 4.39 Å². The number of rotatable bonds is 5. The fourth-order valence-electron chi connectivity index (χ4n) is 2.67. The molecular weight excluding hydrogens is 249 g/mol. The maximum Gasteiger partial charge on any atom is 0.123 e. The molecule has 2 heteroatoms. The van der Waals surface area contributed by atoms with Gasteiger partial charge in [0.1, 0.15) is 5.82 Å². The van der Waals surface area contributed by atoms with E-state index in [2.05, 4.69) is 50.4 Å². The summed E-state index contributed by atoms with van der Waals surface area (Å²) >= 11 is 0. The van der Waals surface area contributed by atoms with E-state index < -0.39 is 0 Å². The van der Waals surface area contributed by atoms with Gasteiger partial charge in [0.2, 0.25) is 0 Å². The molecule has 0 aliphatic carbocycles. The number of hydrogen-bond donors (Lipinski definition) is 1. The molecule has 20 heavy (non-hydrogen) atoms. The van der Waals surface area contributed by atoms with Crippen molar-refractivity contribution in [3.8, 4) is 0 Å². The summed E-state index contributed by atoms with van der Waals surface area (Å²) in [7, 11) is 0. The predicted octanol–water partition coefficient (Wildman–Crippen LogP) is 4.42. The van der Waals surface area contributed by atoms with Gasteiger partial charge in [0, 0.05) is 12.1 Å². The number of aryl methyl sites for hydroxylation is 1. The fraction of sp³-hybridized carbons (Fsp3) is 0.333. The maximum absolute atomic E-state index is 13.2. The van der Waals surface area contributed by atoms with E-state index in [1.165, 1.54) is 17.2 Å². The SMILES string of the molecule is Cc1ccccc1C(C)NC(C)Cc1cccc(F)c1. The summed E-state index contributed by atoms with van der Waals surface area (Å²) in [6, 6.07) is 15.8. The predicted molar refractivity (Wildman–Crippen MR) is 82.3 cm³/mol. The molecule has 2 atom stereocenters. The number of nitrogens with one attached hydrogen (secondary N) is 1. The lowest BCUT2D eigenvalue weighted by atomic mass is 10.0. The molecule has 0 aliphatic heterocycles. The first-order valence-corrected chi connectivity index (χ1v) is 7.12. The van der Waals surface area contributed by atoms with Crippen LogP contribution in [0.3, 0.4) is 0 Å². The monoisotopic (exact) mass is 271 g/mol. The Morgan fingerprint density at radius 2 is 1.80 bits per heavy atom. The van der Waals surface area contributed by atoms with E-state index in [0.717, 1.165) is 12.0 Å². The topological polar surface area (TPSA) is 12.0 Å².